The Morgan fingerprint density at radius 1 is 1.20 bits per heavy atom. The maximum atomic E-state index is 15.6. The third-order valence-electron chi connectivity index (χ3n) is 10.2. The second-order valence-corrected chi connectivity index (χ2v) is 20.7. The van der Waals surface area contributed by atoms with Gasteiger partial charge < -0.3 is 14.1 Å². The second-order valence-electron chi connectivity index (χ2n) is 14.0. The molecule has 6 rings (SSSR count). The Hall–Kier alpha value is -0.633. The molecule has 1 saturated carbocycles. The van der Waals surface area contributed by atoms with Crippen LogP contribution in [0.25, 0.3) is 10.9 Å². The Balaban J connectivity index is 1.31. The molecule has 11 heteroatoms. The minimum Gasteiger partial charge on any atom is -0.461 e. The number of halogens is 4. The maximum absolute atomic E-state index is 15.6. The highest BCUT2D eigenvalue weighted by molar-refractivity contribution is 14.1. The molecular formula is C29H40BrF2IN4O2Si. The molecule has 40 heavy (non-hydrogen) atoms. The van der Waals surface area contributed by atoms with E-state index < -0.39 is 20.3 Å². The molecule has 1 aromatic heterocycles. The van der Waals surface area contributed by atoms with E-state index in [1.165, 1.54) is 0 Å². The number of benzene rings is 1. The highest BCUT2D eigenvalue weighted by Crippen LogP contribution is 2.46. The number of anilines is 1. The van der Waals surface area contributed by atoms with Gasteiger partial charge in [0.2, 0.25) is 0 Å². The van der Waals surface area contributed by atoms with Crippen molar-refractivity contribution in [2.75, 3.05) is 37.7 Å². The molecule has 0 spiro atoms. The summed E-state index contributed by atoms with van der Waals surface area (Å²) in [7, 11) is -1.90. The normalized spacial score (nSPS) is 30.9. The quantitative estimate of drug-likeness (QED) is 0.175. The predicted octanol–water partition coefficient (Wildman–Crippen LogP) is 7.33. The second kappa shape index (κ2) is 10.5. The van der Waals surface area contributed by atoms with Gasteiger partial charge in [-0.2, -0.15) is 9.97 Å². The highest BCUT2D eigenvalue weighted by atomic mass is 127. The van der Waals surface area contributed by atoms with Crippen LogP contribution in [0.4, 0.5) is 14.6 Å². The van der Waals surface area contributed by atoms with Gasteiger partial charge in [0.05, 0.1) is 10.0 Å². The van der Waals surface area contributed by atoms with Crippen LogP contribution in [0, 0.1) is 21.2 Å². The molecule has 0 N–H and O–H groups in total. The lowest BCUT2D eigenvalue weighted by Crippen LogP contribution is -2.46. The van der Waals surface area contributed by atoms with E-state index in [0.717, 1.165) is 54.7 Å². The summed E-state index contributed by atoms with van der Waals surface area (Å²) in [5.74, 6) is 1.24. The molecule has 4 fully saturated rings. The van der Waals surface area contributed by atoms with Gasteiger partial charge in [-0.25, -0.2) is 8.78 Å². The molecule has 1 aliphatic carbocycles. The average Bonchev–Trinajstić information content (AvgIpc) is 3.49. The molecule has 4 aliphatic rings. The van der Waals surface area contributed by atoms with Gasteiger partial charge in [-0.3, -0.25) is 4.90 Å². The standard InChI is InChI=1S/C29H40BrF2IN4O2Si/c1-28(2,3)40(4,5)39-22-10-17-9-18(22)14-36(13-17)26-20-11-21(33)23(30)24(32)25(20)34-27(35-26)38-16-29-7-6-8-37(29)15-19(31)12-29/h11,17-19,22H,6-10,12-16H2,1-5H3/t17-,18-,19-,22-,29+/m1/s1. The van der Waals surface area contributed by atoms with Crippen LogP contribution >= 0.6 is 38.5 Å². The zero-order chi connectivity index (χ0) is 28.6. The SMILES string of the molecule is CC(C)(C)[Si](C)(C)O[C@@H]1C[C@H]2C[C@@H]1CN(c1nc(OC[C@@]34CCCN3C[C@H](F)C4)nc3c(F)c(Br)c(I)cc13)C2. The molecule has 0 radical (unpaired) electrons. The van der Waals surface area contributed by atoms with Crippen molar-refractivity contribution in [3.05, 3.63) is 19.9 Å². The van der Waals surface area contributed by atoms with E-state index in [1.54, 1.807) is 0 Å². The summed E-state index contributed by atoms with van der Waals surface area (Å²) in [4.78, 5) is 14.0. The first-order valence-electron chi connectivity index (χ1n) is 14.6. The number of aromatic nitrogens is 2. The van der Waals surface area contributed by atoms with Gasteiger partial charge in [0, 0.05) is 47.0 Å². The number of piperidine rings is 1. The van der Waals surface area contributed by atoms with Crippen molar-refractivity contribution < 1.29 is 17.9 Å². The van der Waals surface area contributed by atoms with Gasteiger partial charge >= 0.3 is 6.01 Å². The Morgan fingerprint density at radius 2 is 1.98 bits per heavy atom. The summed E-state index contributed by atoms with van der Waals surface area (Å²) in [6.45, 7) is 14.9. The number of rotatable bonds is 6. The molecule has 3 saturated heterocycles. The summed E-state index contributed by atoms with van der Waals surface area (Å²) in [5, 5.41) is 0.863. The van der Waals surface area contributed by atoms with E-state index in [0.29, 0.717) is 41.3 Å². The van der Waals surface area contributed by atoms with E-state index in [4.69, 9.17) is 14.1 Å². The minimum absolute atomic E-state index is 0.163. The summed E-state index contributed by atoms with van der Waals surface area (Å²) < 4.78 is 44.3. The lowest BCUT2D eigenvalue weighted by atomic mass is 9.95. The zero-order valence-corrected chi connectivity index (χ0v) is 28.8. The topological polar surface area (TPSA) is 50.7 Å². The Bertz CT molecular complexity index is 1310. The minimum atomic E-state index is -1.90. The fourth-order valence-electron chi connectivity index (χ4n) is 7.17. The van der Waals surface area contributed by atoms with Crippen LogP contribution in [0.15, 0.2) is 10.5 Å². The van der Waals surface area contributed by atoms with E-state index in [2.05, 4.69) is 87.2 Å². The third kappa shape index (κ3) is 5.21. The van der Waals surface area contributed by atoms with E-state index in [9.17, 15) is 4.39 Å². The lowest BCUT2D eigenvalue weighted by Gasteiger charge is -2.40. The maximum Gasteiger partial charge on any atom is 0.319 e. The van der Waals surface area contributed by atoms with Crippen molar-refractivity contribution >= 4 is 63.6 Å². The first-order chi connectivity index (χ1) is 18.8. The molecule has 2 aromatic rings. The first kappa shape index (κ1) is 29.4. The van der Waals surface area contributed by atoms with Crippen LogP contribution < -0.4 is 9.64 Å². The predicted molar refractivity (Wildman–Crippen MR) is 169 cm³/mol. The Kier molecular flexibility index (Phi) is 7.74. The molecule has 3 aliphatic heterocycles. The zero-order valence-electron chi connectivity index (χ0n) is 24.1. The largest absolute Gasteiger partial charge is 0.461 e. The highest BCUT2D eigenvalue weighted by Gasteiger charge is 2.50. The van der Waals surface area contributed by atoms with Crippen LogP contribution in [0.2, 0.25) is 18.1 Å². The summed E-state index contributed by atoms with van der Waals surface area (Å²) >= 11 is 5.55. The molecule has 5 atom stereocenters. The molecule has 220 valence electrons. The van der Waals surface area contributed by atoms with E-state index in [1.807, 2.05) is 6.07 Å². The van der Waals surface area contributed by atoms with Crippen molar-refractivity contribution in [1.29, 1.82) is 0 Å². The molecule has 4 heterocycles. The van der Waals surface area contributed by atoms with Crippen molar-refractivity contribution in [1.82, 2.24) is 14.9 Å². The van der Waals surface area contributed by atoms with Crippen molar-refractivity contribution in [3.8, 4) is 6.01 Å². The van der Waals surface area contributed by atoms with Crippen LogP contribution in [0.1, 0.15) is 52.9 Å². The molecule has 0 unspecified atom stereocenters. The number of ether oxygens (including phenoxy) is 1. The fourth-order valence-corrected chi connectivity index (χ4v) is 9.42. The van der Waals surface area contributed by atoms with Crippen molar-refractivity contribution in [2.24, 2.45) is 11.8 Å². The Labute approximate surface area is 259 Å². The van der Waals surface area contributed by atoms with Gasteiger partial charge in [-0.05, 0) is 101 Å². The van der Waals surface area contributed by atoms with Gasteiger partial charge in [-0.15, -0.1) is 0 Å². The average molecular weight is 750 g/mol. The molecule has 6 nitrogen and oxygen atoms in total. The molecule has 1 aromatic carbocycles. The number of hydrogen-bond donors (Lipinski definition) is 0. The van der Waals surface area contributed by atoms with Crippen molar-refractivity contribution in [2.45, 2.75) is 88.8 Å². The third-order valence-corrected chi connectivity index (χ3v) is 17.1. The smallest absolute Gasteiger partial charge is 0.319 e. The lowest BCUT2D eigenvalue weighted by molar-refractivity contribution is 0.107. The van der Waals surface area contributed by atoms with E-state index in [-0.39, 0.29) is 28.2 Å². The van der Waals surface area contributed by atoms with E-state index >= 15 is 4.39 Å². The summed E-state index contributed by atoms with van der Waals surface area (Å²) in [6, 6.07) is 2.13. The van der Waals surface area contributed by atoms with Crippen LogP contribution in [-0.2, 0) is 4.43 Å². The number of fused-ring (bicyclic) bond motifs is 4. The monoisotopic (exact) mass is 748 g/mol. The van der Waals surface area contributed by atoms with Crippen LogP contribution in [0.5, 0.6) is 6.01 Å². The van der Waals surface area contributed by atoms with Gasteiger partial charge in [0.1, 0.15) is 24.1 Å². The first-order valence-corrected chi connectivity index (χ1v) is 19.3. The van der Waals surface area contributed by atoms with Gasteiger partial charge in [0.15, 0.2) is 14.1 Å². The van der Waals surface area contributed by atoms with Gasteiger partial charge in [0.25, 0.3) is 0 Å². The fraction of sp³-hybridized carbons (Fsp3) is 0.724. The molecule has 2 bridgehead atoms. The molecular weight excluding hydrogens is 709 g/mol. The van der Waals surface area contributed by atoms with Crippen LogP contribution in [-0.4, -0.2) is 73.8 Å². The van der Waals surface area contributed by atoms with Crippen LogP contribution in [0.3, 0.4) is 0 Å². The summed E-state index contributed by atoms with van der Waals surface area (Å²) in [5.41, 5.74) is -0.0587. The van der Waals surface area contributed by atoms with Gasteiger partial charge in [-0.1, -0.05) is 20.8 Å². The number of nitrogens with zero attached hydrogens (tertiary/aromatic N) is 4. The number of hydrogen-bond acceptors (Lipinski definition) is 6. The Morgan fingerprint density at radius 3 is 2.73 bits per heavy atom. The molecule has 0 amide bonds. The number of alkyl halides is 1. The summed E-state index contributed by atoms with van der Waals surface area (Å²) in [6.07, 6.45) is 4.03. The van der Waals surface area contributed by atoms with Crippen molar-refractivity contribution in [3.63, 3.8) is 0 Å².